The van der Waals surface area contributed by atoms with Crippen LogP contribution < -0.4 is 15.9 Å². The Bertz CT molecular complexity index is 3270. The predicted molar refractivity (Wildman–Crippen MR) is 225 cm³/mol. The summed E-state index contributed by atoms with van der Waals surface area (Å²) in [5.41, 5.74) is 6.57. The summed E-state index contributed by atoms with van der Waals surface area (Å²) < 4.78 is 17.4. The van der Waals surface area contributed by atoms with Crippen LogP contribution in [-0.2, 0) is 4.57 Å². The Morgan fingerprint density at radius 2 is 1.00 bits per heavy atom. The third-order valence-electron chi connectivity index (χ3n) is 11.0. The van der Waals surface area contributed by atoms with Crippen LogP contribution in [0.5, 0.6) is 0 Å². The van der Waals surface area contributed by atoms with Crippen molar-refractivity contribution in [2.75, 3.05) is 0 Å². The predicted octanol–water partition coefficient (Wildman–Crippen LogP) is 11.6. The maximum absolute atomic E-state index is 15.1. The maximum Gasteiger partial charge on any atom is 0.171 e. The highest BCUT2D eigenvalue weighted by Crippen LogP contribution is 2.44. The Morgan fingerprint density at radius 3 is 1.79 bits per heavy atom. The molecule has 0 aliphatic rings. The van der Waals surface area contributed by atoms with Gasteiger partial charge < -0.3 is 4.57 Å². The molecule has 0 spiro atoms. The molecule has 0 atom stereocenters. The van der Waals surface area contributed by atoms with Crippen molar-refractivity contribution < 1.29 is 4.57 Å². The molecular weight excluding hydrogens is 664 g/mol. The van der Waals surface area contributed by atoms with E-state index < -0.39 is 7.14 Å². The molecule has 0 saturated carbocycles. The van der Waals surface area contributed by atoms with Crippen LogP contribution in [0.1, 0.15) is 0 Å². The molecule has 53 heavy (non-hydrogen) atoms. The standard InChI is InChI=1S/C49H31N2OP/c52-53(37-12-3-1-4-13-37,38-14-5-2-6-15-38)39-24-27-41-36(30-39)20-19-35-29-33(22-25-40(35)41)34-23-28-46-44(31-34)43-26-21-32-11-7-8-16-42(32)48(43)49-50-45-17-9-10-18-47(45)51(46)49/h1-31H. The van der Waals surface area contributed by atoms with E-state index in [2.05, 4.69) is 132 Å². The highest BCUT2D eigenvalue weighted by atomic mass is 31.2. The first-order chi connectivity index (χ1) is 26.1. The number of hydrogen-bond donors (Lipinski definition) is 0. The van der Waals surface area contributed by atoms with E-state index in [0.29, 0.717) is 0 Å². The molecule has 0 aliphatic carbocycles. The normalized spacial score (nSPS) is 12.2. The SMILES string of the molecule is O=P(c1ccccc1)(c1ccccc1)c1ccc2c(ccc3cc(-c4ccc5c(c4)c4ccc6ccccc6c4c4nc6ccccc6n54)ccc32)c1. The molecule has 3 nitrogen and oxygen atoms in total. The van der Waals surface area contributed by atoms with Crippen LogP contribution in [0, 0.1) is 0 Å². The molecule has 2 heterocycles. The first-order valence-corrected chi connectivity index (χ1v) is 19.7. The first kappa shape index (κ1) is 30.1. The molecule has 2 aromatic heterocycles. The average molecular weight is 695 g/mol. The van der Waals surface area contributed by atoms with Crippen LogP contribution in [0.4, 0.5) is 0 Å². The molecule has 0 amide bonds. The van der Waals surface area contributed by atoms with Crippen molar-refractivity contribution in [1.82, 2.24) is 9.38 Å². The first-order valence-electron chi connectivity index (χ1n) is 18.0. The zero-order valence-electron chi connectivity index (χ0n) is 28.6. The van der Waals surface area contributed by atoms with Gasteiger partial charge in [0.15, 0.2) is 7.14 Å². The van der Waals surface area contributed by atoms with Gasteiger partial charge in [0.1, 0.15) is 5.65 Å². The second-order valence-electron chi connectivity index (χ2n) is 13.9. The summed E-state index contributed by atoms with van der Waals surface area (Å²) in [4.78, 5) is 5.18. The fourth-order valence-corrected chi connectivity index (χ4v) is 11.1. The maximum atomic E-state index is 15.1. The summed E-state index contributed by atoms with van der Waals surface area (Å²) in [6, 6.07) is 65.6. The minimum Gasteiger partial charge on any atom is -0.309 e. The molecule has 0 fully saturated rings. The van der Waals surface area contributed by atoms with Gasteiger partial charge in [0.25, 0.3) is 0 Å². The minimum atomic E-state index is -3.07. The second-order valence-corrected chi connectivity index (χ2v) is 16.7. The van der Waals surface area contributed by atoms with E-state index in [1.807, 2.05) is 60.7 Å². The van der Waals surface area contributed by atoms with Crippen LogP contribution >= 0.6 is 7.14 Å². The summed E-state index contributed by atoms with van der Waals surface area (Å²) in [5.74, 6) is 0. The van der Waals surface area contributed by atoms with Crippen molar-refractivity contribution in [3.8, 4) is 11.1 Å². The number of hydrogen-bond acceptors (Lipinski definition) is 2. The van der Waals surface area contributed by atoms with Crippen molar-refractivity contribution in [3.63, 3.8) is 0 Å². The van der Waals surface area contributed by atoms with Gasteiger partial charge in [-0.25, -0.2) is 4.98 Å². The van der Waals surface area contributed by atoms with Gasteiger partial charge >= 0.3 is 0 Å². The third-order valence-corrected chi connectivity index (χ3v) is 14.1. The molecule has 0 unspecified atom stereocenters. The van der Waals surface area contributed by atoms with E-state index >= 15 is 4.57 Å². The summed E-state index contributed by atoms with van der Waals surface area (Å²) >= 11 is 0. The number of aromatic nitrogens is 2. The summed E-state index contributed by atoms with van der Waals surface area (Å²) in [6.45, 7) is 0. The molecule has 11 rings (SSSR count). The highest BCUT2D eigenvalue weighted by molar-refractivity contribution is 7.85. The van der Waals surface area contributed by atoms with Crippen molar-refractivity contribution >= 4 is 93.7 Å². The summed E-state index contributed by atoms with van der Waals surface area (Å²) in [7, 11) is -3.07. The van der Waals surface area contributed by atoms with Crippen molar-refractivity contribution in [1.29, 1.82) is 0 Å². The van der Waals surface area contributed by atoms with E-state index in [9.17, 15) is 0 Å². The second kappa shape index (κ2) is 11.5. The van der Waals surface area contributed by atoms with E-state index in [1.54, 1.807) is 0 Å². The van der Waals surface area contributed by atoms with Gasteiger partial charge in [-0.1, -0.05) is 152 Å². The number of pyridine rings is 1. The van der Waals surface area contributed by atoms with Gasteiger partial charge in [-0.15, -0.1) is 0 Å². The zero-order valence-corrected chi connectivity index (χ0v) is 29.5. The third kappa shape index (κ3) is 4.48. The van der Waals surface area contributed by atoms with E-state index in [-0.39, 0.29) is 0 Å². The molecule has 0 radical (unpaired) electrons. The van der Waals surface area contributed by atoms with Gasteiger partial charge in [0.2, 0.25) is 0 Å². The van der Waals surface area contributed by atoms with Gasteiger partial charge in [-0.3, -0.25) is 4.40 Å². The topological polar surface area (TPSA) is 34.4 Å². The van der Waals surface area contributed by atoms with Gasteiger partial charge in [-0.2, -0.15) is 0 Å². The molecule has 4 heteroatoms. The molecule has 0 saturated heterocycles. The van der Waals surface area contributed by atoms with Crippen molar-refractivity contribution in [3.05, 3.63) is 188 Å². The number of nitrogens with zero attached hydrogens (tertiary/aromatic N) is 2. The van der Waals surface area contributed by atoms with Crippen LogP contribution in [0.2, 0.25) is 0 Å². The minimum absolute atomic E-state index is 0.842. The van der Waals surface area contributed by atoms with Crippen LogP contribution in [0.25, 0.3) is 81.8 Å². The summed E-state index contributed by atoms with van der Waals surface area (Å²) in [6.07, 6.45) is 0. The van der Waals surface area contributed by atoms with E-state index in [1.165, 1.54) is 43.3 Å². The fraction of sp³-hybridized carbons (Fsp3) is 0. The van der Waals surface area contributed by atoms with Crippen molar-refractivity contribution in [2.24, 2.45) is 0 Å². The van der Waals surface area contributed by atoms with Gasteiger partial charge in [-0.05, 0) is 85.2 Å². The Balaban J connectivity index is 1.08. The number of rotatable bonds is 4. The van der Waals surface area contributed by atoms with Crippen LogP contribution in [0.3, 0.4) is 0 Å². The van der Waals surface area contributed by atoms with E-state index in [4.69, 9.17) is 4.98 Å². The molecule has 9 aromatic carbocycles. The molecular formula is C49H31N2OP. The number of fused-ring (bicyclic) bond motifs is 13. The molecule has 0 bridgehead atoms. The van der Waals surface area contributed by atoms with Crippen LogP contribution in [0.15, 0.2) is 188 Å². The molecule has 248 valence electrons. The number of para-hydroxylation sites is 2. The smallest absolute Gasteiger partial charge is 0.171 e. The average Bonchev–Trinajstić information content (AvgIpc) is 3.63. The van der Waals surface area contributed by atoms with Crippen molar-refractivity contribution in [2.45, 2.75) is 0 Å². The van der Waals surface area contributed by atoms with Gasteiger partial charge in [0.05, 0.1) is 16.6 Å². The largest absolute Gasteiger partial charge is 0.309 e. The molecule has 11 aromatic rings. The Kier molecular flexibility index (Phi) is 6.53. The highest BCUT2D eigenvalue weighted by Gasteiger charge is 2.29. The van der Waals surface area contributed by atoms with Crippen LogP contribution in [-0.4, -0.2) is 9.38 Å². The lowest BCUT2D eigenvalue weighted by Gasteiger charge is -2.20. The van der Waals surface area contributed by atoms with E-state index in [0.717, 1.165) is 54.4 Å². The lowest BCUT2D eigenvalue weighted by Crippen LogP contribution is -2.24. The van der Waals surface area contributed by atoms with Gasteiger partial charge in [0, 0.05) is 26.7 Å². The Morgan fingerprint density at radius 1 is 0.396 bits per heavy atom. The lowest BCUT2D eigenvalue weighted by atomic mass is 9.95. The molecule has 0 aliphatic heterocycles. The number of imidazole rings is 1. The monoisotopic (exact) mass is 694 g/mol. The lowest BCUT2D eigenvalue weighted by molar-refractivity contribution is 0.592. The Labute approximate surface area is 305 Å². The fourth-order valence-electron chi connectivity index (χ4n) is 8.46. The summed E-state index contributed by atoms with van der Waals surface area (Å²) in [5, 5.41) is 13.1. The Hall–Kier alpha value is -6.54. The zero-order chi connectivity index (χ0) is 35.1. The molecule has 0 N–H and O–H groups in total. The number of benzene rings is 9. The quantitative estimate of drug-likeness (QED) is 0.136.